The lowest BCUT2D eigenvalue weighted by Gasteiger charge is -2.43. The molecule has 0 bridgehead atoms. The van der Waals surface area contributed by atoms with Gasteiger partial charge in [-0.3, -0.25) is 14.9 Å². The predicted molar refractivity (Wildman–Crippen MR) is 126 cm³/mol. The van der Waals surface area contributed by atoms with Crippen molar-refractivity contribution in [2.24, 2.45) is 4.99 Å². The number of aromatic nitrogens is 4. The van der Waals surface area contributed by atoms with Crippen LogP contribution in [0.1, 0.15) is 39.2 Å². The molecule has 1 aromatic carbocycles. The number of amides is 1. The van der Waals surface area contributed by atoms with Crippen LogP contribution in [0.3, 0.4) is 0 Å². The second-order valence-electron chi connectivity index (χ2n) is 9.58. The highest BCUT2D eigenvalue weighted by atomic mass is 16.6. The maximum atomic E-state index is 12.8. The van der Waals surface area contributed by atoms with E-state index in [0.717, 1.165) is 41.7 Å². The van der Waals surface area contributed by atoms with Gasteiger partial charge >= 0.3 is 6.09 Å². The zero-order valence-electron chi connectivity index (χ0n) is 19.1. The second kappa shape index (κ2) is 8.06. The Morgan fingerprint density at radius 1 is 1.09 bits per heavy atom. The number of piperazine rings is 1. The van der Waals surface area contributed by atoms with Gasteiger partial charge < -0.3 is 9.64 Å². The molecule has 0 unspecified atom stereocenters. The van der Waals surface area contributed by atoms with Crippen molar-refractivity contribution >= 4 is 34.8 Å². The summed E-state index contributed by atoms with van der Waals surface area (Å²) in [7, 11) is 0. The van der Waals surface area contributed by atoms with E-state index in [0.29, 0.717) is 18.9 Å². The van der Waals surface area contributed by atoms with Gasteiger partial charge in [0.2, 0.25) is 0 Å². The summed E-state index contributed by atoms with van der Waals surface area (Å²) in [5.41, 5.74) is 2.80. The number of aliphatic imine (C=N–C) groups is 1. The van der Waals surface area contributed by atoms with Gasteiger partial charge in [-0.25, -0.2) is 9.79 Å². The first-order valence-electron chi connectivity index (χ1n) is 11.2. The standard InChI is InChI=1S/C24H27N7O2/c1-23(2,3)33-22(32)31-13-12-30(16-24(31)7-8-24)20-6-9-28-29-21(20)27-15-17-4-5-18-19(14-17)26-11-10-25-18/h4-6,9-11,14-15H,7-8,12-13,16H2,1-3H3/b27-15+. The number of carbonyl (C=O) groups excluding carboxylic acids is 1. The van der Waals surface area contributed by atoms with Crippen LogP contribution in [0.4, 0.5) is 16.3 Å². The van der Waals surface area contributed by atoms with Crippen molar-refractivity contribution < 1.29 is 9.53 Å². The molecular formula is C24H27N7O2. The maximum absolute atomic E-state index is 12.8. The van der Waals surface area contributed by atoms with Crippen molar-refractivity contribution in [3.8, 4) is 0 Å². The van der Waals surface area contributed by atoms with Gasteiger partial charge in [0.25, 0.3) is 0 Å². The largest absolute Gasteiger partial charge is 0.444 e. The lowest BCUT2D eigenvalue weighted by Crippen LogP contribution is -2.58. The monoisotopic (exact) mass is 445 g/mol. The van der Waals surface area contributed by atoms with Crippen molar-refractivity contribution in [2.45, 2.75) is 44.8 Å². The van der Waals surface area contributed by atoms with E-state index in [1.54, 1.807) is 24.8 Å². The smallest absolute Gasteiger partial charge is 0.410 e. The molecule has 2 fully saturated rings. The van der Waals surface area contributed by atoms with Crippen LogP contribution in [0.5, 0.6) is 0 Å². The van der Waals surface area contributed by atoms with Gasteiger partial charge in [-0.15, -0.1) is 5.10 Å². The van der Waals surface area contributed by atoms with Crippen molar-refractivity contribution in [2.75, 3.05) is 24.5 Å². The van der Waals surface area contributed by atoms with E-state index in [-0.39, 0.29) is 11.6 Å². The van der Waals surface area contributed by atoms with Crippen LogP contribution in [-0.4, -0.2) is 68.1 Å². The molecule has 1 saturated carbocycles. The molecule has 3 aromatic rings. The van der Waals surface area contributed by atoms with Gasteiger partial charge in [0.05, 0.1) is 28.5 Å². The summed E-state index contributed by atoms with van der Waals surface area (Å²) >= 11 is 0. The molecule has 9 nitrogen and oxygen atoms in total. The molecule has 0 radical (unpaired) electrons. The summed E-state index contributed by atoms with van der Waals surface area (Å²) in [5, 5.41) is 8.32. The van der Waals surface area contributed by atoms with E-state index in [4.69, 9.17) is 4.74 Å². The average Bonchev–Trinajstić information content (AvgIpc) is 3.55. The Hall–Kier alpha value is -3.62. The highest BCUT2D eigenvalue weighted by Crippen LogP contribution is 2.46. The van der Waals surface area contributed by atoms with Gasteiger partial charge in [-0.1, -0.05) is 6.07 Å². The van der Waals surface area contributed by atoms with E-state index in [1.807, 2.05) is 49.9 Å². The lowest BCUT2D eigenvalue weighted by molar-refractivity contribution is 0.0107. The first-order chi connectivity index (χ1) is 15.8. The topological polar surface area (TPSA) is 96.7 Å². The third-order valence-electron chi connectivity index (χ3n) is 5.94. The fourth-order valence-electron chi connectivity index (χ4n) is 4.21. The fourth-order valence-corrected chi connectivity index (χ4v) is 4.21. The number of hydrogen-bond donors (Lipinski definition) is 0. The van der Waals surface area contributed by atoms with Gasteiger partial charge in [0, 0.05) is 38.2 Å². The molecule has 170 valence electrons. The van der Waals surface area contributed by atoms with Crippen LogP contribution in [0, 0.1) is 0 Å². The summed E-state index contributed by atoms with van der Waals surface area (Å²) in [4.78, 5) is 30.2. The number of carbonyl (C=O) groups is 1. The summed E-state index contributed by atoms with van der Waals surface area (Å²) < 4.78 is 5.65. The molecular weight excluding hydrogens is 418 g/mol. The summed E-state index contributed by atoms with van der Waals surface area (Å²) in [6.07, 6.45) is 8.51. The molecule has 1 amide bonds. The van der Waals surface area contributed by atoms with Crippen LogP contribution in [0.25, 0.3) is 11.0 Å². The van der Waals surface area contributed by atoms with E-state index in [1.165, 1.54) is 0 Å². The average molecular weight is 446 g/mol. The van der Waals surface area contributed by atoms with Crippen molar-refractivity contribution in [1.82, 2.24) is 25.1 Å². The summed E-state index contributed by atoms with van der Waals surface area (Å²) in [6, 6.07) is 7.76. The van der Waals surface area contributed by atoms with Crippen LogP contribution >= 0.6 is 0 Å². The van der Waals surface area contributed by atoms with Crippen molar-refractivity contribution in [1.29, 1.82) is 0 Å². The third kappa shape index (κ3) is 4.48. The quantitative estimate of drug-likeness (QED) is 0.566. The van der Waals surface area contributed by atoms with Gasteiger partial charge in [0.15, 0.2) is 5.82 Å². The molecule has 9 heteroatoms. The number of hydrogen-bond acceptors (Lipinski definition) is 8. The Morgan fingerprint density at radius 2 is 1.88 bits per heavy atom. The molecule has 0 N–H and O–H groups in total. The number of rotatable bonds is 3. The second-order valence-corrected chi connectivity index (χ2v) is 9.58. The van der Waals surface area contributed by atoms with E-state index in [9.17, 15) is 4.79 Å². The van der Waals surface area contributed by atoms with Crippen LogP contribution < -0.4 is 4.90 Å². The SMILES string of the molecule is CC(C)(C)OC(=O)N1CCN(c2ccnnc2/N=C/c2ccc3nccnc3c2)CC12CC2. The van der Waals surface area contributed by atoms with Gasteiger partial charge in [-0.2, -0.15) is 5.10 Å². The molecule has 2 aliphatic rings. The molecule has 1 aliphatic heterocycles. The Bertz CT molecular complexity index is 1220. The van der Waals surface area contributed by atoms with Gasteiger partial charge in [-0.05, 0) is 57.4 Å². The molecule has 3 heterocycles. The number of benzene rings is 1. The molecule has 1 spiro atoms. The Kier molecular flexibility index (Phi) is 5.19. The first-order valence-corrected chi connectivity index (χ1v) is 11.2. The maximum Gasteiger partial charge on any atom is 0.410 e. The normalized spacial score (nSPS) is 17.7. The number of ether oxygens (including phenoxy) is 1. The number of nitrogens with zero attached hydrogens (tertiary/aromatic N) is 7. The highest BCUT2D eigenvalue weighted by molar-refractivity contribution is 5.88. The zero-order chi connectivity index (χ0) is 23.1. The molecule has 1 saturated heterocycles. The Balaban J connectivity index is 1.35. The number of anilines is 1. The van der Waals surface area contributed by atoms with Crippen molar-refractivity contribution in [3.05, 3.63) is 48.4 Å². The van der Waals surface area contributed by atoms with Crippen LogP contribution in [-0.2, 0) is 4.74 Å². The highest BCUT2D eigenvalue weighted by Gasteiger charge is 2.54. The Morgan fingerprint density at radius 3 is 2.64 bits per heavy atom. The molecule has 33 heavy (non-hydrogen) atoms. The molecule has 1 aliphatic carbocycles. The van der Waals surface area contributed by atoms with Gasteiger partial charge in [0.1, 0.15) is 5.60 Å². The van der Waals surface area contributed by atoms with E-state index >= 15 is 0 Å². The van der Waals surface area contributed by atoms with Crippen LogP contribution in [0.15, 0.2) is 47.8 Å². The van der Waals surface area contributed by atoms with E-state index in [2.05, 4.69) is 30.1 Å². The van der Waals surface area contributed by atoms with Crippen LogP contribution in [0.2, 0.25) is 0 Å². The zero-order valence-corrected chi connectivity index (χ0v) is 19.1. The molecule has 5 rings (SSSR count). The molecule has 2 aromatic heterocycles. The third-order valence-corrected chi connectivity index (χ3v) is 5.94. The Labute approximate surface area is 192 Å². The lowest BCUT2D eigenvalue weighted by atomic mass is 10.1. The minimum Gasteiger partial charge on any atom is -0.444 e. The van der Waals surface area contributed by atoms with Crippen molar-refractivity contribution in [3.63, 3.8) is 0 Å². The van der Waals surface area contributed by atoms with E-state index < -0.39 is 5.60 Å². The minimum atomic E-state index is -0.504. The fraction of sp³-hybridized carbons (Fsp3) is 0.417. The predicted octanol–water partition coefficient (Wildman–Crippen LogP) is 3.76. The summed E-state index contributed by atoms with van der Waals surface area (Å²) in [6.45, 7) is 7.71. The number of fused-ring (bicyclic) bond motifs is 1. The molecule has 0 atom stereocenters. The minimum absolute atomic E-state index is 0.179. The summed E-state index contributed by atoms with van der Waals surface area (Å²) in [5.74, 6) is 0.554. The first kappa shape index (κ1) is 21.2.